The molecule has 15 heavy (non-hydrogen) atoms. The molecule has 1 aromatic carbocycles. The summed E-state index contributed by atoms with van der Waals surface area (Å²) in [4.78, 5) is 11.8. The molecule has 0 unspecified atom stereocenters. The van der Waals surface area contributed by atoms with E-state index in [4.69, 9.17) is 18.0 Å². The molecule has 0 aromatic heterocycles. The van der Waals surface area contributed by atoms with E-state index < -0.39 is 0 Å². The molecule has 3 nitrogen and oxygen atoms in total. The van der Waals surface area contributed by atoms with Crippen LogP contribution in [0.5, 0.6) is 0 Å². The van der Waals surface area contributed by atoms with Crippen molar-refractivity contribution < 1.29 is 4.79 Å². The molecular weight excluding hydrogens is 208 g/mol. The Morgan fingerprint density at radius 3 is 2.40 bits per heavy atom. The zero-order valence-corrected chi connectivity index (χ0v) is 9.01. The highest BCUT2D eigenvalue weighted by Gasteiger charge is 2.03. The number of nitrogens with two attached hydrogens (primary N) is 1. The van der Waals surface area contributed by atoms with Crippen molar-refractivity contribution in [2.45, 2.75) is 0 Å². The van der Waals surface area contributed by atoms with E-state index in [1.165, 1.54) is 0 Å². The topological polar surface area (TPSA) is 55.1 Å². The lowest BCUT2D eigenvalue weighted by atomic mass is 10.1. The average Bonchev–Trinajstić information content (AvgIpc) is 2.26. The van der Waals surface area contributed by atoms with Crippen LogP contribution < -0.4 is 11.1 Å². The second-order valence-electron chi connectivity index (χ2n) is 2.94. The molecule has 0 heterocycles. The van der Waals surface area contributed by atoms with Crippen LogP contribution in [0.3, 0.4) is 0 Å². The van der Waals surface area contributed by atoms with E-state index in [0.717, 1.165) is 5.56 Å². The van der Waals surface area contributed by atoms with Crippen molar-refractivity contribution in [3.63, 3.8) is 0 Å². The number of hydrogen-bond donors (Lipinski definition) is 2. The summed E-state index contributed by atoms with van der Waals surface area (Å²) in [6.45, 7) is 3.97. The fourth-order valence-corrected chi connectivity index (χ4v) is 1.19. The number of nitrogens with one attached hydrogen (secondary N) is 1. The molecule has 4 heteroatoms. The Bertz CT molecular complexity index is 384. The molecule has 0 aliphatic heterocycles. The number of carbonyl (C=O) groups is 1. The molecule has 78 valence electrons. The second-order valence-corrected chi connectivity index (χ2v) is 3.38. The summed E-state index contributed by atoms with van der Waals surface area (Å²) >= 11 is 4.80. The molecule has 0 saturated carbocycles. The van der Waals surface area contributed by atoms with E-state index in [1.54, 1.807) is 30.3 Å². The first kappa shape index (κ1) is 11.4. The molecular formula is C11H12N2OS. The first-order valence-electron chi connectivity index (χ1n) is 4.44. The fourth-order valence-electron chi connectivity index (χ4n) is 1.05. The lowest BCUT2D eigenvalue weighted by Gasteiger charge is -2.03. The number of hydrogen-bond acceptors (Lipinski definition) is 2. The van der Waals surface area contributed by atoms with Crippen LogP contribution in [0.4, 0.5) is 0 Å². The SMILES string of the molecule is C=CCNC(=O)c1ccc(C(N)=S)cc1. The van der Waals surface area contributed by atoms with Crippen molar-refractivity contribution in [3.05, 3.63) is 48.0 Å². The number of carbonyl (C=O) groups excluding carboxylic acids is 1. The Morgan fingerprint density at radius 1 is 1.40 bits per heavy atom. The van der Waals surface area contributed by atoms with Crippen molar-refractivity contribution >= 4 is 23.1 Å². The van der Waals surface area contributed by atoms with Crippen molar-refractivity contribution in [2.75, 3.05) is 6.54 Å². The predicted molar refractivity (Wildman–Crippen MR) is 64.9 cm³/mol. The predicted octanol–water partition coefficient (Wildman–Crippen LogP) is 1.24. The summed E-state index contributed by atoms with van der Waals surface area (Å²) in [6, 6.07) is 6.83. The summed E-state index contributed by atoms with van der Waals surface area (Å²) < 4.78 is 0. The van der Waals surface area contributed by atoms with E-state index in [2.05, 4.69) is 11.9 Å². The van der Waals surface area contributed by atoms with Crippen LogP contribution in [0.25, 0.3) is 0 Å². The van der Waals surface area contributed by atoms with Gasteiger partial charge in [-0.25, -0.2) is 0 Å². The molecule has 0 aliphatic rings. The minimum absolute atomic E-state index is 0.135. The Kier molecular flexibility index (Phi) is 4.00. The Labute approximate surface area is 94.0 Å². The van der Waals surface area contributed by atoms with Gasteiger partial charge in [0, 0.05) is 17.7 Å². The van der Waals surface area contributed by atoms with Crippen molar-refractivity contribution in [2.24, 2.45) is 5.73 Å². The summed E-state index contributed by atoms with van der Waals surface area (Å²) in [5.41, 5.74) is 6.77. The molecule has 0 fully saturated rings. The molecule has 0 bridgehead atoms. The Hall–Kier alpha value is -1.68. The van der Waals surface area contributed by atoms with Gasteiger partial charge >= 0.3 is 0 Å². The third-order valence-corrected chi connectivity index (χ3v) is 2.07. The molecule has 1 amide bonds. The van der Waals surface area contributed by atoms with Gasteiger partial charge in [0.15, 0.2) is 0 Å². The van der Waals surface area contributed by atoms with Gasteiger partial charge in [0.2, 0.25) is 0 Å². The molecule has 0 radical (unpaired) electrons. The van der Waals surface area contributed by atoms with E-state index in [0.29, 0.717) is 17.1 Å². The van der Waals surface area contributed by atoms with Crippen LogP contribution in [0.15, 0.2) is 36.9 Å². The van der Waals surface area contributed by atoms with Crippen molar-refractivity contribution in [1.29, 1.82) is 0 Å². The van der Waals surface area contributed by atoms with E-state index in [1.807, 2.05) is 0 Å². The van der Waals surface area contributed by atoms with Gasteiger partial charge in [-0.15, -0.1) is 6.58 Å². The average molecular weight is 220 g/mol. The summed E-state index contributed by atoms with van der Waals surface area (Å²) in [5, 5.41) is 2.68. The van der Waals surface area contributed by atoms with Crippen LogP contribution in [0.1, 0.15) is 15.9 Å². The highest BCUT2D eigenvalue weighted by molar-refractivity contribution is 7.80. The van der Waals surface area contributed by atoms with Gasteiger partial charge in [0.05, 0.1) is 0 Å². The highest BCUT2D eigenvalue weighted by atomic mass is 32.1. The quantitative estimate of drug-likeness (QED) is 0.593. The number of benzene rings is 1. The summed E-state index contributed by atoms with van der Waals surface area (Å²) in [6.07, 6.45) is 1.63. The monoisotopic (exact) mass is 220 g/mol. The summed E-state index contributed by atoms with van der Waals surface area (Å²) in [7, 11) is 0. The van der Waals surface area contributed by atoms with Crippen LogP contribution in [0.2, 0.25) is 0 Å². The zero-order chi connectivity index (χ0) is 11.3. The van der Waals surface area contributed by atoms with Crippen molar-refractivity contribution in [1.82, 2.24) is 5.32 Å². The lowest BCUT2D eigenvalue weighted by Crippen LogP contribution is -2.23. The molecule has 0 spiro atoms. The Balaban J connectivity index is 2.75. The van der Waals surface area contributed by atoms with E-state index in [-0.39, 0.29) is 5.91 Å². The van der Waals surface area contributed by atoms with Gasteiger partial charge in [0.1, 0.15) is 4.99 Å². The number of rotatable bonds is 4. The first-order chi connectivity index (χ1) is 7.15. The van der Waals surface area contributed by atoms with Gasteiger partial charge in [-0.05, 0) is 12.1 Å². The fraction of sp³-hybridized carbons (Fsp3) is 0.0909. The number of thiocarbonyl (C=S) groups is 1. The Morgan fingerprint density at radius 2 is 1.93 bits per heavy atom. The van der Waals surface area contributed by atoms with Crippen LogP contribution in [-0.4, -0.2) is 17.4 Å². The van der Waals surface area contributed by atoms with Gasteiger partial charge in [-0.3, -0.25) is 4.79 Å². The lowest BCUT2D eigenvalue weighted by molar-refractivity contribution is 0.0958. The van der Waals surface area contributed by atoms with Gasteiger partial charge < -0.3 is 11.1 Å². The van der Waals surface area contributed by atoms with Gasteiger partial charge in [-0.2, -0.15) is 0 Å². The van der Waals surface area contributed by atoms with Crippen LogP contribution in [0, 0.1) is 0 Å². The standard InChI is InChI=1S/C11H12N2OS/c1-2-7-13-11(14)9-5-3-8(4-6-9)10(12)15/h2-6H,1,7H2,(H2,12,15)(H,13,14). The molecule has 0 atom stereocenters. The minimum Gasteiger partial charge on any atom is -0.389 e. The molecule has 0 saturated heterocycles. The molecule has 0 aliphatic carbocycles. The maximum absolute atomic E-state index is 11.5. The van der Waals surface area contributed by atoms with E-state index in [9.17, 15) is 4.79 Å². The first-order valence-corrected chi connectivity index (χ1v) is 4.85. The van der Waals surface area contributed by atoms with Crippen molar-refractivity contribution in [3.8, 4) is 0 Å². The summed E-state index contributed by atoms with van der Waals surface area (Å²) in [5.74, 6) is -0.135. The normalized spacial score (nSPS) is 9.33. The highest BCUT2D eigenvalue weighted by Crippen LogP contribution is 2.04. The maximum Gasteiger partial charge on any atom is 0.251 e. The third-order valence-electron chi connectivity index (χ3n) is 1.84. The second kappa shape index (κ2) is 5.26. The minimum atomic E-state index is -0.135. The van der Waals surface area contributed by atoms with Crippen LogP contribution in [-0.2, 0) is 0 Å². The maximum atomic E-state index is 11.5. The van der Waals surface area contributed by atoms with E-state index >= 15 is 0 Å². The van der Waals surface area contributed by atoms with Gasteiger partial charge in [-0.1, -0.05) is 30.4 Å². The third kappa shape index (κ3) is 3.18. The smallest absolute Gasteiger partial charge is 0.251 e. The number of amides is 1. The molecule has 3 N–H and O–H groups in total. The largest absolute Gasteiger partial charge is 0.389 e. The zero-order valence-electron chi connectivity index (χ0n) is 8.19. The molecule has 1 rings (SSSR count). The molecule has 1 aromatic rings. The van der Waals surface area contributed by atoms with Crippen LogP contribution >= 0.6 is 12.2 Å². The van der Waals surface area contributed by atoms with Gasteiger partial charge in [0.25, 0.3) is 5.91 Å².